The normalized spacial score (nSPS) is 18.0. The molecule has 1 saturated heterocycles. The fraction of sp³-hybridized carbons (Fsp3) is 0.650. The fourth-order valence-electron chi connectivity index (χ4n) is 3.14. The molecule has 0 bridgehead atoms. The van der Waals surface area contributed by atoms with Gasteiger partial charge in [0.25, 0.3) is 0 Å². The second-order valence-corrected chi connectivity index (χ2v) is 9.71. The average Bonchev–Trinajstić information content (AvgIpc) is 2.62. The number of hydrogen-bond acceptors (Lipinski definition) is 3. The minimum atomic E-state index is -3.24. The third kappa shape index (κ3) is 6.09. The minimum Gasteiger partial charge on any atom is -0.353 e. The number of hydrogen-bond donors (Lipinski definition) is 1. The van der Waals surface area contributed by atoms with E-state index < -0.39 is 10.0 Å². The third-order valence-electron chi connectivity index (χ3n) is 5.30. The summed E-state index contributed by atoms with van der Waals surface area (Å²) in [6, 6.07) is 10.1. The molecule has 1 aromatic carbocycles. The molecular formula is C20H32N2O3S. The van der Waals surface area contributed by atoms with Gasteiger partial charge in [0.2, 0.25) is 15.9 Å². The molecule has 0 radical (unpaired) electrons. The highest BCUT2D eigenvalue weighted by molar-refractivity contribution is 7.89. The third-order valence-corrected chi connectivity index (χ3v) is 7.26. The van der Waals surface area contributed by atoms with Crippen LogP contribution in [0.5, 0.6) is 0 Å². The molecule has 1 aliphatic heterocycles. The van der Waals surface area contributed by atoms with E-state index in [9.17, 15) is 13.2 Å². The van der Waals surface area contributed by atoms with E-state index in [1.54, 1.807) is 4.31 Å². The number of aryl methyl sites for hydroxylation is 1. The van der Waals surface area contributed by atoms with E-state index in [4.69, 9.17) is 0 Å². The molecule has 6 heteroatoms. The van der Waals surface area contributed by atoms with Gasteiger partial charge in [0.15, 0.2) is 0 Å². The predicted molar refractivity (Wildman–Crippen MR) is 105 cm³/mol. The van der Waals surface area contributed by atoms with E-state index in [-0.39, 0.29) is 23.6 Å². The second kappa shape index (κ2) is 9.51. The highest BCUT2D eigenvalue weighted by atomic mass is 32.2. The van der Waals surface area contributed by atoms with Crippen molar-refractivity contribution in [3.05, 3.63) is 35.9 Å². The number of nitrogens with zero attached hydrogens (tertiary/aromatic N) is 1. The Kier molecular flexibility index (Phi) is 7.65. The van der Waals surface area contributed by atoms with Gasteiger partial charge >= 0.3 is 0 Å². The van der Waals surface area contributed by atoms with Crippen LogP contribution < -0.4 is 5.32 Å². The molecule has 26 heavy (non-hydrogen) atoms. The summed E-state index contributed by atoms with van der Waals surface area (Å²) in [5, 5.41) is 3.05. The summed E-state index contributed by atoms with van der Waals surface area (Å²) in [4.78, 5) is 12.3. The van der Waals surface area contributed by atoms with Gasteiger partial charge in [-0.3, -0.25) is 4.79 Å². The molecule has 1 amide bonds. The SMILES string of the molecule is CC(C)C(C)NC(=O)C1CCN(S(=O)(=O)CCCc2ccccc2)CC1. The van der Waals surface area contributed by atoms with Gasteiger partial charge in [-0.05, 0) is 44.1 Å². The van der Waals surface area contributed by atoms with Crippen molar-refractivity contribution < 1.29 is 13.2 Å². The Hall–Kier alpha value is -1.40. The highest BCUT2D eigenvalue weighted by Crippen LogP contribution is 2.21. The summed E-state index contributed by atoms with van der Waals surface area (Å²) in [6.07, 6.45) is 2.60. The van der Waals surface area contributed by atoms with Gasteiger partial charge in [-0.2, -0.15) is 0 Å². The molecule has 0 spiro atoms. The molecule has 2 rings (SSSR count). The monoisotopic (exact) mass is 380 g/mol. The number of sulfonamides is 1. The number of piperidine rings is 1. The molecule has 0 aliphatic carbocycles. The van der Waals surface area contributed by atoms with Crippen molar-refractivity contribution >= 4 is 15.9 Å². The Morgan fingerprint density at radius 3 is 2.35 bits per heavy atom. The van der Waals surface area contributed by atoms with Crippen LogP contribution in [-0.2, 0) is 21.2 Å². The van der Waals surface area contributed by atoms with E-state index in [1.165, 1.54) is 0 Å². The zero-order chi connectivity index (χ0) is 19.2. The molecular weight excluding hydrogens is 348 g/mol. The Bertz CT molecular complexity index is 666. The Balaban J connectivity index is 1.77. The van der Waals surface area contributed by atoms with Crippen LogP contribution >= 0.6 is 0 Å². The molecule has 1 fully saturated rings. The van der Waals surface area contributed by atoms with Crippen molar-refractivity contribution in [2.24, 2.45) is 11.8 Å². The van der Waals surface area contributed by atoms with Crippen molar-refractivity contribution in [3.63, 3.8) is 0 Å². The lowest BCUT2D eigenvalue weighted by Crippen LogP contribution is -2.46. The first kappa shape index (κ1) is 20.9. The molecule has 1 unspecified atom stereocenters. The molecule has 1 heterocycles. The van der Waals surface area contributed by atoms with Gasteiger partial charge in [0.1, 0.15) is 0 Å². The second-order valence-electron chi connectivity index (χ2n) is 7.62. The lowest BCUT2D eigenvalue weighted by atomic mass is 9.96. The van der Waals surface area contributed by atoms with Crippen molar-refractivity contribution in [3.8, 4) is 0 Å². The van der Waals surface area contributed by atoms with Crippen LogP contribution in [0.25, 0.3) is 0 Å². The van der Waals surface area contributed by atoms with Gasteiger partial charge in [-0.15, -0.1) is 0 Å². The van der Waals surface area contributed by atoms with E-state index in [1.807, 2.05) is 37.3 Å². The first-order valence-electron chi connectivity index (χ1n) is 9.61. The van der Waals surface area contributed by atoms with Gasteiger partial charge in [0, 0.05) is 25.0 Å². The smallest absolute Gasteiger partial charge is 0.223 e. The maximum atomic E-state index is 12.5. The van der Waals surface area contributed by atoms with Crippen LogP contribution in [0.2, 0.25) is 0 Å². The maximum absolute atomic E-state index is 12.5. The topological polar surface area (TPSA) is 66.5 Å². The Morgan fingerprint density at radius 1 is 1.15 bits per heavy atom. The summed E-state index contributed by atoms with van der Waals surface area (Å²) < 4.78 is 26.7. The molecule has 1 aliphatic rings. The van der Waals surface area contributed by atoms with Gasteiger partial charge in [0.05, 0.1) is 5.75 Å². The number of carbonyl (C=O) groups is 1. The molecule has 146 valence electrons. The van der Waals surface area contributed by atoms with Crippen molar-refractivity contribution in [1.82, 2.24) is 9.62 Å². The van der Waals surface area contributed by atoms with Crippen molar-refractivity contribution in [1.29, 1.82) is 0 Å². The Morgan fingerprint density at radius 2 is 1.77 bits per heavy atom. The number of carbonyl (C=O) groups excluding carboxylic acids is 1. The lowest BCUT2D eigenvalue weighted by molar-refractivity contribution is -0.127. The number of rotatable bonds is 8. The molecule has 1 aromatic rings. The summed E-state index contributed by atoms with van der Waals surface area (Å²) in [7, 11) is -3.24. The highest BCUT2D eigenvalue weighted by Gasteiger charge is 2.31. The molecule has 1 atom stereocenters. The summed E-state index contributed by atoms with van der Waals surface area (Å²) in [5.41, 5.74) is 1.16. The summed E-state index contributed by atoms with van der Waals surface area (Å²) in [5.74, 6) is 0.548. The van der Waals surface area contributed by atoms with E-state index in [0.29, 0.717) is 38.3 Å². The van der Waals surface area contributed by atoms with Gasteiger partial charge in [-0.25, -0.2) is 12.7 Å². The first-order chi connectivity index (χ1) is 12.3. The summed E-state index contributed by atoms with van der Waals surface area (Å²) >= 11 is 0. The molecule has 0 aromatic heterocycles. The number of nitrogens with one attached hydrogen (secondary N) is 1. The van der Waals surface area contributed by atoms with Crippen molar-refractivity contribution in [2.45, 2.75) is 52.5 Å². The number of amides is 1. The standard InChI is InChI=1S/C20H32N2O3S/c1-16(2)17(3)21-20(23)19-11-13-22(14-12-19)26(24,25)15-7-10-18-8-5-4-6-9-18/h4-6,8-9,16-17,19H,7,10-15H2,1-3H3,(H,21,23). The molecule has 1 N–H and O–H groups in total. The van der Waals surface area contributed by atoms with Crippen LogP contribution in [0.1, 0.15) is 45.6 Å². The van der Waals surface area contributed by atoms with E-state index >= 15 is 0 Å². The van der Waals surface area contributed by atoms with Gasteiger partial charge < -0.3 is 5.32 Å². The predicted octanol–water partition coefficient (Wildman–Crippen LogP) is 2.82. The first-order valence-corrected chi connectivity index (χ1v) is 11.2. The fourth-order valence-corrected chi connectivity index (χ4v) is 4.67. The van der Waals surface area contributed by atoms with E-state index in [2.05, 4.69) is 19.2 Å². The Labute approximate surface area is 158 Å². The largest absolute Gasteiger partial charge is 0.353 e. The minimum absolute atomic E-state index is 0.0623. The number of benzene rings is 1. The lowest BCUT2D eigenvalue weighted by Gasteiger charge is -2.31. The zero-order valence-corrected chi connectivity index (χ0v) is 17.0. The average molecular weight is 381 g/mol. The van der Waals surface area contributed by atoms with Gasteiger partial charge in [-0.1, -0.05) is 44.2 Å². The van der Waals surface area contributed by atoms with Crippen LogP contribution in [-0.4, -0.2) is 43.5 Å². The summed E-state index contributed by atoms with van der Waals surface area (Å²) in [6.45, 7) is 7.06. The van der Waals surface area contributed by atoms with Crippen LogP contribution in [0, 0.1) is 11.8 Å². The van der Waals surface area contributed by atoms with E-state index in [0.717, 1.165) is 12.0 Å². The van der Waals surface area contributed by atoms with Crippen molar-refractivity contribution in [2.75, 3.05) is 18.8 Å². The molecule has 0 saturated carbocycles. The van der Waals surface area contributed by atoms with Crippen LogP contribution in [0.3, 0.4) is 0 Å². The van der Waals surface area contributed by atoms with Crippen LogP contribution in [0.15, 0.2) is 30.3 Å². The quantitative estimate of drug-likeness (QED) is 0.754. The molecule has 5 nitrogen and oxygen atoms in total. The van der Waals surface area contributed by atoms with Crippen LogP contribution in [0.4, 0.5) is 0 Å². The maximum Gasteiger partial charge on any atom is 0.223 e. The zero-order valence-electron chi connectivity index (χ0n) is 16.1.